The molecule has 4 heteroatoms. The van der Waals surface area contributed by atoms with Gasteiger partial charge < -0.3 is 15.2 Å². The van der Waals surface area contributed by atoms with Crippen molar-refractivity contribution in [3.8, 4) is 11.5 Å². The molecule has 0 saturated carbocycles. The zero-order valence-electron chi connectivity index (χ0n) is 18.1. The Morgan fingerprint density at radius 3 is 2.00 bits per heavy atom. The smallest absolute Gasteiger partial charge is 0.232 e. The van der Waals surface area contributed by atoms with Gasteiger partial charge in [0.1, 0.15) is 11.5 Å². The van der Waals surface area contributed by atoms with E-state index >= 15 is 0 Å². The van der Waals surface area contributed by atoms with Crippen molar-refractivity contribution in [2.24, 2.45) is 0 Å². The molecule has 4 aromatic rings. The van der Waals surface area contributed by atoms with Gasteiger partial charge in [0, 0.05) is 11.5 Å². The Morgan fingerprint density at radius 1 is 0.788 bits per heavy atom. The van der Waals surface area contributed by atoms with E-state index in [1.807, 2.05) is 97.1 Å². The number of hydrogen-bond donors (Lipinski definition) is 2. The number of fused-ring (bicyclic) bond motifs is 1. The van der Waals surface area contributed by atoms with Crippen molar-refractivity contribution in [2.45, 2.75) is 17.9 Å². The second-order valence-corrected chi connectivity index (χ2v) is 8.29. The van der Waals surface area contributed by atoms with E-state index in [0.29, 0.717) is 6.61 Å². The van der Waals surface area contributed by atoms with Crippen LogP contribution in [0.3, 0.4) is 0 Å². The van der Waals surface area contributed by atoms with E-state index in [4.69, 9.17) is 4.74 Å². The lowest BCUT2D eigenvalue weighted by molar-refractivity contribution is -0.122. The van der Waals surface area contributed by atoms with Crippen LogP contribution in [0.5, 0.6) is 11.5 Å². The lowest BCUT2D eigenvalue weighted by Gasteiger charge is -2.35. The topological polar surface area (TPSA) is 58.6 Å². The van der Waals surface area contributed by atoms with Gasteiger partial charge in [0.25, 0.3) is 0 Å². The fraction of sp³-hybridized carbons (Fsp3) is 0.138. The molecule has 0 radical (unpaired) electrons. The average Bonchev–Trinajstić information content (AvgIpc) is 2.86. The van der Waals surface area contributed by atoms with E-state index in [9.17, 15) is 9.90 Å². The molecule has 164 valence electrons. The van der Waals surface area contributed by atoms with Crippen molar-refractivity contribution in [1.29, 1.82) is 0 Å². The summed E-state index contributed by atoms with van der Waals surface area (Å²) < 4.78 is 6.05. The number of amides is 1. The summed E-state index contributed by atoms with van der Waals surface area (Å²) >= 11 is 0. The largest absolute Gasteiger partial charge is 0.508 e. The second kappa shape index (κ2) is 9.21. The van der Waals surface area contributed by atoms with Crippen LogP contribution in [0.2, 0.25) is 0 Å². The predicted octanol–water partition coefficient (Wildman–Crippen LogP) is 5.56. The van der Waals surface area contributed by atoms with Crippen LogP contribution < -0.4 is 10.1 Å². The van der Waals surface area contributed by atoms with Gasteiger partial charge in [-0.1, -0.05) is 91.0 Å². The fourth-order valence-electron chi connectivity index (χ4n) is 4.57. The Bertz CT molecular complexity index is 1180. The number of benzene rings is 4. The first kappa shape index (κ1) is 20.8. The molecular formula is C29H25NO3. The van der Waals surface area contributed by atoms with Gasteiger partial charge in [-0.05, 0) is 34.9 Å². The molecule has 0 aliphatic carbocycles. The maximum atomic E-state index is 13.9. The molecule has 4 nitrogen and oxygen atoms in total. The third-order valence-electron chi connectivity index (χ3n) is 6.22. The molecule has 0 fully saturated rings. The van der Waals surface area contributed by atoms with Crippen molar-refractivity contribution in [3.05, 3.63) is 131 Å². The van der Waals surface area contributed by atoms with Crippen LogP contribution in [0.25, 0.3) is 0 Å². The Labute approximate surface area is 193 Å². The lowest BCUT2D eigenvalue weighted by Crippen LogP contribution is -2.40. The number of rotatable bonds is 5. The average molecular weight is 436 g/mol. The highest BCUT2D eigenvalue weighted by atomic mass is 16.5. The summed E-state index contributed by atoms with van der Waals surface area (Å²) in [5, 5.41) is 13.1. The quantitative estimate of drug-likeness (QED) is 0.432. The highest BCUT2D eigenvalue weighted by Gasteiger charge is 2.35. The van der Waals surface area contributed by atoms with Crippen LogP contribution in [0.1, 0.15) is 40.1 Å². The molecule has 2 N–H and O–H groups in total. The summed E-state index contributed by atoms with van der Waals surface area (Å²) in [5.74, 6) is 0.427. The van der Waals surface area contributed by atoms with E-state index in [0.717, 1.165) is 28.0 Å². The van der Waals surface area contributed by atoms with Crippen molar-refractivity contribution in [2.75, 3.05) is 6.61 Å². The normalized spacial score (nSPS) is 17.1. The van der Waals surface area contributed by atoms with Crippen LogP contribution in [-0.2, 0) is 4.79 Å². The van der Waals surface area contributed by atoms with Crippen LogP contribution in [0, 0.1) is 0 Å². The molecule has 0 saturated heterocycles. The summed E-state index contributed by atoms with van der Waals surface area (Å²) in [7, 11) is 0. The number of carbonyl (C=O) groups excluding carboxylic acids is 1. The number of para-hydroxylation sites is 1. The van der Waals surface area contributed by atoms with E-state index < -0.39 is 5.92 Å². The van der Waals surface area contributed by atoms with Gasteiger partial charge >= 0.3 is 0 Å². The molecular weight excluding hydrogens is 410 g/mol. The molecule has 0 spiro atoms. The van der Waals surface area contributed by atoms with Crippen molar-refractivity contribution in [1.82, 2.24) is 5.32 Å². The van der Waals surface area contributed by atoms with Gasteiger partial charge in [-0.15, -0.1) is 0 Å². The minimum absolute atomic E-state index is 0.0575. The summed E-state index contributed by atoms with van der Waals surface area (Å²) in [4.78, 5) is 13.9. The van der Waals surface area contributed by atoms with E-state index in [1.54, 1.807) is 12.1 Å². The summed E-state index contributed by atoms with van der Waals surface area (Å²) in [5.41, 5.74) is 3.85. The zero-order chi connectivity index (χ0) is 22.6. The monoisotopic (exact) mass is 435 g/mol. The lowest BCUT2D eigenvalue weighted by atomic mass is 9.84. The Hall–Kier alpha value is -4.05. The van der Waals surface area contributed by atoms with Gasteiger partial charge in [0.2, 0.25) is 5.91 Å². The molecule has 4 aromatic carbocycles. The number of carbonyl (C=O) groups is 1. The molecule has 0 bridgehead atoms. The fourth-order valence-corrected chi connectivity index (χ4v) is 4.57. The molecule has 33 heavy (non-hydrogen) atoms. The molecule has 1 aliphatic heterocycles. The summed E-state index contributed by atoms with van der Waals surface area (Å²) in [6.07, 6.45) is 0. The molecule has 5 rings (SSSR count). The highest BCUT2D eigenvalue weighted by Crippen LogP contribution is 2.41. The SMILES string of the molecule is O=C(NC1c2ccccc2OCC1c1ccc(O)cc1)C(c1ccccc1)c1ccccc1. The molecule has 1 heterocycles. The minimum atomic E-state index is -0.428. The van der Waals surface area contributed by atoms with Crippen LogP contribution >= 0.6 is 0 Å². The Kier molecular flexibility index (Phi) is 5.81. The number of aromatic hydroxyl groups is 1. The van der Waals surface area contributed by atoms with Gasteiger partial charge in [-0.2, -0.15) is 0 Å². The molecule has 2 atom stereocenters. The summed E-state index contributed by atoms with van der Waals surface area (Å²) in [6.45, 7) is 0.439. The molecule has 1 amide bonds. The molecule has 2 unspecified atom stereocenters. The maximum Gasteiger partial charge on any atom is 0.232 e. The van der Waals surface area contributed by atoms with Gasteiger partial charge in [0.15, 0.2) is 0 Å². The van der Waals surface area contributed by atoms with Crippen molar-refractivity contribution >= 4 is 5.91 Å². The van der Waals surface area contributed by atoms with Crippen molar-refractivity contribution in [3.63, 3.8) is 0 Å². The standard InChI is InChI=1S/C29H25NO3/c31-23-17-15-20(16-18-23)25-19-33-26-14-8-7-13-24(26)28(25)30-29(32)27(21-9-3-1-4-10-21)22-11-5-2-6-12-22/h1-18,25,27-28,31H,19H2,(H,30,32). The van der Waals surface area contributed by atoms with Crippen LogP contribution in [0.4, 0.5) is 0 Å². The maximum absolute atomic E-state index is 13.9. The number of hydrogen-bond acceptors (Lipinski definition) is 3. The first-order valence-electron chi connectivity index (χ1n) is 11.1. The number of nitrogens with one attached hydrogen (secondary N) is 1. The minimum Gasteiger partial charge on any atom is -0.508 e. The number of phenolic OH excluding ortho intramolecular Hbond substituents is 1. The van der Waals surface area contributed by atoms with Gasteiger partial charge in [0.05, 0.1) is 18.6 Å². The van der Waals surface area contributed by atoms with Gasteiger partial charge in [-0.3, -0.25) is 4.79 Å². The third kappa shape index (κ3) is 4.33. The highest BCUT2D eigenvalue weighted by molar-refractivity contribution is 5.87. The Morgan fingerprint density at radius 2 is 1.36 bits per heavy atom. The number of ether oxygens (including phenoxy) is 1. The third-order valence-corrected chi connectivity index (χ3v) is 6.22. The predicted molar refractivity (Wildman–Crippen MR) is 128 cm³/mol. The summed E-state index contributed by atoms with van der Waals surface area (Å²) in [6, 6.07) is 34.4. The first-order valence-corrected chi connectivity index (χ1v) is 11.1. The van der Waals surface area contributed by atoms with Crippen molar-refractivity contribution < 1.29 is 14.6 Å². The second-order valence-electron chi connectivity index (χ2n) is 8.29. The van der Waals surface area contributed by atoms with E-state index in [2.05, 4.69) is 5.32 Å². The number of phenols is 1. The van der Waals surface area contributed by atoms with Crippen LogP contribution in [0.15, 0.2) is 109 Å². The van der Waals surface area contributed by atoms with Gasteiger partial charge in [-0.25, -0.2) is 0 Å². The first-order chi connectivity index (χ1) is 16.2. The zero-order valence-corrected chi connectivity index (χ0v) is 18.1. The van der Waals surface area contributed by atoms with Crippen LogP contribution in [-0.4, -0.2) is 17.6 Å². The van der Waals surface area contributed by atoms with E-state index in [1.165, 1.54) is 0 Å². The molecule has 1 aliphatic rings. The molecule has 0 aromatic heterocycles. The Balaban J connectivity index is 1.53. The van der Waals surface area contributed by atoms with E-state index in [-0.39, 0.29) is 23.6 Å².